The van der Waals surface area contributed by atoms with Gasteiger partial charge in [-0.3, -0.25) is 14.5 Å². The molecule has 9 heteroatoms. The first kappa shape index (κ1) is 22.1. The fraction of sp³-hybridized carbons (Fsp3) is 0.227. The molecular formula is C22H19F3N2O4. The molecule has 1 aliphatic heterocycles. The SMILES string of the molecule is COC(=O)C1=C(C)N(c2ccccc2)C(=O)C[C@H]1C(=O)Nc1ccccc1C(F)(F)F. The van der Waals surface area contributed by atoms with E-state index in [9.17, 15) is 27.6 Å². The summed E-state index contributed by atoms with van der Waals surface area (Å²) >= 11 is 0. The van der Waals surface area contributed by atoms with Crippen molar-refractivity contribution in [3.63, 3.8) is 0 Å². The number of benzene rings is 2. The van der Waals surface area contributed by atoms with Crippen molar-refractivity contribution in [3.8, 4) is 0 Å². The van der Waals surface area contributed by atoms with E-state index in [0.29, 0.717) is 5.69 Å². The summed E-state index contributed by atoms with van der Waals surface area (Å²) in [6.45, 7) is 1.49. The van der Waals surface area contributed by atoms with Gasteiger partial charge in [0.25, 0.3) is 0 Å². The van der Waals surface area contributed by atoms with Gasteiger partial charge in [-0.15, -0.1) is 0 Å². The van der Waals surface area contributed by atoms with Gasteiger partial charge in [0.1, 0.15) is 0 Å². The van der Waals surface area contributed by atoms with Gasteiger partial charge in [0, 0.05) is 17.8 Å². The van der Waals surface area contributed by atoms with Gasteiger partial charge in [0.05, 0.1) is 29.9 Å². The number of carbonyl (C=O) groups excluding carboxylic acids is 3. The van der Waals surface area contributed by atoms with Gasteiger partial charge in [0.2, 0.25) is 11.8 Å². The van der Waals surface area contributed by atoms with Crippen molar-refractivity contribution in [1.29, 1.82) is 0 Å². The molecule has 0 aromatic heterocycles. The lowest BCUT2D eigenvalue weighted by Crippen LogP contribution is -2.43. The number of methoxy groups -OCH3 is 1. The number of carbonyl (C=O) groups is 3. The van der Waals surface area contributed by atoms with Gasteiger partial charge in [-0.05, 0) is 31.2 Å². The van der Waals surface area contributed by atoms with E-state index in [1.54, 1.807) is 30.3 Å². The highest BCUT2D eigenvalue weighted by Crippen LogP contribution is 2.37. The molecule has 2 aromatic carbocycles. The Balaban J connectivity index is 2.01. The Hall–Kier alpha value is -3.62. The lowest BCUT2D eigenvalue weighted by molar-refractivity contribution is -0.139. The molecule has 1 aliphatic rings. The van der Waals surface area contributed by atoms with Crippen LogP contribution in [0, 0.1) is 5.92 Å². The molecule has 0 unspecified atom stereocenters. The van der Waals surface area contributed by atoms with Crippen LogP contribution in [0.15, 0.2) is 65.9 Å². The molecule has 1 N–H and O–H groups in total. The first-order chi connectivity index (χ1) is 14.6. The molecule has 1 atom stereocenters. The molecule has 162 valence electrons. The molecule has 2 aromatic rings. The Morgan fingerprint density at radius 3 is 2.29 bits per heavy atom. The average molecular weight is 432 g/mol. The third-order valence-corrected chi connectivity index (χ3v) is 4.93. The molecule has 31 heavy (non-hydrogen) atoms. The molecule has 0 fully saturated rings. The summed E-state index contributed by atoms with van der Waals surface area (Å²) in [4.78, 5) is 39.5. The van der Waals surface area contributed by atoms with Crippen molar-refractivity contribution in [1.82, 2.24) is 0 Å². The Kier molecular flexibility index (Phi) is 6.14. The van der Waals surface area contributed by atoms with Crippen LogP contribution in [0.3, 0.4) is 0 Å². The first-order valence-electron chi connectivity index (χ1n) is 9.29. The number of allylic oxidation sites excluding steroid dienone is 1. The number of halogens is 3. The molecule has 3 rings (SSSR count). The second-order valence-electron chi connectivity index (χ2n) is 6.84. The van der Waals surface area contributed by atoms with E-state index < -0.39 is 47.5 Å². The Bertz CT molecular complexity index is 1050. The van der Waals surface area contributed by atoms with Crippen LogP contribution in [0.4, 0.5) is 24.5 Å². The van der Waals surface area contributed by atoms with Gasteiger partial charge < -0.3 is 10.1 Å². The number of ether oxygens (including phenoxy) is 1. The minimum absolute atomic E-state index is 0.0899. The number of para-hydroxylation sites is 2. The minimum atomic E-state index is -4.69. The maximum absolute atomic E-state index is 13.3. The molecule has 1 heterocycles. The van der Waals surface area contributed by atoms with E-state index in [2.05, 4.69) is 5.32 Å². The zero-order valence-corrected chi connectivity index (χ0v) is 16.7. The molecule has 0 saturated heterocycles. The summed E-state index contributed by atoms with van der Waals surface area (Å²) in [7, 11) is 1.12. The van der Waals surface area contributed by atoms with Crippen molar-refractivity contribution >= 4 is 29.2 Å². The monoisotopic (exact) mass is 432 g/mol. The maximum atomic E-state index is 13.3. The van der Waals surface area contributed by atoms with E-state index in [-0.39, 0.29) is 11.3 Å². The number of esters is 1. The van der Waals surface area contributed by atoms with Crippen LogP contribution >= 0.6 is 0 Å². The maximum Gasteiger partial charge on any atom is 0.418 e. The second kappa shape index (κ2) is 8.63. The van der Waals surface area contributed by atoms with Gasteiger partial charge >= 0.3 is 12.1 Å². The van der Waals surface area contributed by atoms with E-state index >= 15 is 0 Å². The van der Waals surface area contributed by atoms with Crippen LogP contribution in [-0.2, 0) is 25.3 Å². The average Bonchev–Trinajstić information content (AvgIpc) is 2.73. The summed E-state index contributed by atoms with van der Waals surface area (Å²) < 4.78 is 44.6. The molecule has 6 nitrogen and oxygen atoms in total. The molecule has 0 bridgehead atoms. The van der Waals surface area contributed by atoms with Crippen molar-refractivity contribution in [2.24, 2.45) is 5.92 Å². The van der Waals surface area contributed by atoms with Crippen LogP contribution in [0.25, 0.3) is 0 Å². The van der Waals surface area contributed by atoms with Crippen LogP contribution in [0.1, 0.15) is 18.9 Å². The summed E-state index contributed by atoms with van der Waals surface area (Å²) in [5.41, 5.74) is -0.907. The van der Waals surface area contributed by atoms with Gasteiger partial charge in [-0.1, -0.05) is 30.3 Å². The number of anilines is 2. The van der Waals surface area contributed by atoms with E-state index in [0.717, 1.165) is 19.2 Å². The summed E-state index contributed by atoms with van der Waals surface area (Å²) in [6.07, 6.45) is -5.09. The summed E-state index contributed by atoms with van der Waals surface area (Å²) in [5, 5.41) is 2.22. The number of hydrogen-bond acceptors (Lipinski definition) is 4. The molecule has 0 radical (unpaired) electrons. The number of alkyl halides is 3. The second-order valence-corrected chi connectivity index (χ2v) is 6.84. The molecule has 2 amide bonds. The molecule has 0 saturated carbocycles. The topological polar surface area (TPSA) is 75.7 Å². The zero-order chi connectivity index (χ0) is 22.8. The van der Waals surface area contributed by atoms with E-state index in [4.69, 9.17) is 4.74 Å². The predicted octanol–water partition coefficient (Wildman–Crippen LogP) is 4.14. The fourth-order valence-electron chi connectivity index (χ4n) is 3.53. The minimum Gasteiger partial charge on any atom is -0.466 e. The van der Waals surface area contributed by atoms with Crippen molar-refractivity contribution in [2.45, 2.75) is 19.5 Å². The number of rotatable bonds is 4. The highest BCUT2D eigenvalue weighted by molar-refractivity contribution is 6.10. The summed E-state index contributed by atoms with van der Waals surface area (Å²) in [6, 6.07) is 13.0. The predicted molar refractivity (Wildman–Crippen MR) is 107 cm³/mol. The Labute approximate surface area is 176 Å². The number of amides is 2. The largest absolute Gasteiger partial charge is 0.466 e. The molecule has 0 spiro atoms. The van der Waals surface area contributed by atoms with Crippen LogP contribution in [-0.4, -0.2) is 24.9 Å². The Morgan fingerprint density at radius 2 is 1.68 bits per heavy atom. The van der Waals surface area contributed by atoms with Crippen molar-refractivity contribution < 1.29 is 32.3 Å². The number of nitrogens with one attached hydrogen (secondary N) is 1. The molecular weight excluding hydrogens is 413 g/mol. The number of nitrogens with zero attached hydrogens (tertiary/aromatic N) is 1. The zero-order valence-electron chi connectivity index (χ0n) is 16.7. The highest BCUT2D eigenvalue weighted by atomic mass is 19.4. The quantitative estimate of drug-likeness (QED) is 0.737. The standard InChI is InChI=1S/C22H19F3N2O4/c1-13-19(21(30)31-2)15(12-18(28)27(13)14-8-4-3-5-9-14)20(29)26-17-11-7-6-10-16(17)22(23,24)25/h3-11,15H,12H2,1-2H3,(H,26,29)/t15-/m1/s1. The van der Waals surface area contributed by atoms with Crippen LogP contribution in [0.5, 0.6) is 0 Å². The highest BCUT2D eigenvalue weighted by Gasteiger charge is 2.41. The lowest BCUT2D eigenvalue weighted by atomic mass is 9.88. The Morgan fingerprint density at radius 1 is 1.06 bits per heavy atom. The lowest BCUT2D eigenvalue weighted by Gasteiger charge is -2.33. The normalized spacial score (nSPS) is 16.9. The number of hydrogen-bond donors (Lipinski definition) is 1. The van der Waals surface area contributed by atoms with Crippen LogP contribution < -0.4 is 10.2 Å². The fourth-order valence-corrected chi connectivity index (χ4v) is 3.53. The smallest absolute Gasteiger partial charge is 0.418 e. The first-order valence-corrected chi connectivity index (χ1v) is 9.29. The van der Waals surface area contributed by atoms with E-state index in [1.165, 1.54) is 24.0 Å². The van der Waals surface area contributed by atoms with Crippen molar-refractivity contribution in [2.75, 3.05) is 17.3 Å². The summed E-state index contributed by atoms with van der Waals surface area (Å²) in [5.74, 6) is -3.52. The van der Waals surface area contributed by atoms with E-state index in [1.807, 2.05) is 0 Å². The third-order valence-electron chi connectivity index (χ3n) is 4.93. The van der Waals surface area contributed by atoms with Gasteiger partial charge in [-0.2, -0.15) is 13.2 Å². The third kappa shape index (κ3) is 4.45. The van der Waals surface area contributed by atoms with Gasteiger partial charge in [0.15, 0.2) is 0 Å². The van der Waals surface area contributed by atoms with Gasteiger partial charge in [-0.25, -0.2) is 4.79 Å². The molecule has 0 aliphatic carbocycles. The van der Waals surface area contributed by atoms with Crippen LogP contribution in [0.2, 0.25) is 0 Å². The van der Waals surface area contributed by atoms with Crippen molar-refractivity contribution in [3.05, 3.63) is 71.4 Å².